The molecule has 11 heteroatoms. The number of thiazole rings is 1. The third kappa shape index (κ3) is 5.91. The summed E-state index contributed by atoms with van der Waals surface area (Å²) >= 11 is 1.21. The molecule has 0 unspecified atom stereocenters. The van der Waals surface area contributed by atoms with Crippen molar-refractivity contribution in [2.24, 2.45) is 4.99 Å². The van der Waals surface area contributed by atoms with Crippen LogP contribution in [0.2, 0.25) is 0 Å². The minimum absolute atomic E-state index is 0.173. The predicted molar refractivity (Wildman–Crippen MR) is 160 cm³/mol. The van der Waals surface area contributed by atoms with Gasteiger partial charge in [0.25, 0.3) is 5.56 Å². The molecule has 1 aromatic heterocycles. The first-order valence-corrected chi connectivity index (χ1v) is 14.1. The van der Waals surface area contributed by atoms with E-state index in [9.17, 15) is 9.59 Å². The van der Waals surface area contributed by atoms with Crippen LogP contribution in [0.25, 0.3) is 6.08 Å². The van der Waals surface area contributed by atoms with Crippen molar-refractivity contribution in [2.75, 3.05) is 41.2 Å². The van der Waals surface area contributed by atoms with Gasteiger partial charge in [-0.05, 0) is 62.2 Å². The van der Waals surface area contributed by atoms with E-state index in [1.54, 1.807) is 56.3 Å². The number of rotatable bonds is 12. The second-order valence-corrected chi connectivity index (χ2v) is 10.0. The van der Waals surface area contributed by atoms with Gasteiger partial charge in [0, 0.05) is 0 Å². The highest BCUT2D eigenvalue weighted by molar-refractivity contribution is 7.07. The molecule has 4 rings (SSSR count). The lowest BCUT2D eigenvalue weighted by Crippen LogP contribution is -2.40. The molecule has 222 valence electrons. The normalized spacial score (nSPS) is 14.5. The summed E-state index contributed by atoms with van der Waals surface area (Å²) in [6.07, 6.45) is 3.37. The van der Waals surface area contributed by atoms with E-state index in [4.69, 9.17) is 28.4 Å². The molecule has 0 spiro atoms. The van der Waals surface area contributed by atoms with Gasteiger partial charge in [0.1, 0.15) is 6.61 Å². The van der Waals surface area contributed by atoms with Crippen LogP contribution >= 0.6 is 11.3 Å². The number of methoxy groups -OCH3 is 3. The highest BCUT2D eigenvalue weighted by atomic mass is 32.1. The van der Waals surface area contributed by atoms with Gasteiger partial charge in [-0.25, -0.2) is 9.79 Å². The lowest BCUT2D eigenvalue weighted by atomic mass is 9.95. The Bertz CT molecular complexity index is 1680. The van der Waals surface area contributed by atoms with Gasteiger partial charge in [0.15, 0.2) is 27.8 Å². The number of hydrogen-bond donors (Lipinski definition) is 0. The van der Waals surface area contributed by atoms with Crippen LogP contribution in [0.3, 0.4) is 0 Å². The van der Waals surface area contributed by atoms with Crippen molar-refractivity contribution in [1.29, 1.82) is 0 Å². The molecular weight excluding hydrogens is 560 g/mol. The molecule has 1 aliphatic heterocycles. The average Bonchev–Trinajstić information content (AvgIpc) is 3.29. The van der Waals surface area contributed by atoms with Gasteiger partial charge in [-0.1, -0.05) is 30.1 Å². The van der Waals surface area contributed by atoms with Gasteiger partial charge in [-0.15, -0.1) is 0 Å². The zero-order chi connectivity index (χ0) is 30.4. The van der Waals surface area contributed by atoms with E-state index in [0.29, 0.717) is 68.1 Å². The molecule has 0 N–H and O–H groups in total. The Labute approximate surface area is 247 Å². The first kappa shape index (κ1) is 30.4. The molecule has 0 saturated heterocycles. The van der Waals surface area contributed by atoms with Crippen LogP contribution in [0.1, 0.15) is 37.9 Å². The van der Waals surface area contributed by atoms with E-state index in [1.807, 2.05) is 6.92 Å². The smallest absolute Gasteiger partial charge is 0.338 e. The van der Waals surface area contributed by atoms with Crippen LogP contribution in [0, 0.1) is 0 Å². The maximum Gasteiger partial charge on any atom is 0.338 e. The molecule has 0 saturated carbocycles. The summed E-state index contributed by atoms with van der Waals surface area (Å²) in [6, 6.07) is 8.04. The average molecular weight is 595 g/mol. The van der Waals surface area contributed by atoms with E-state index in [0.717, 1.165) is 0 Å². The van der Waals surface area contributed by atoms with Gasteiger partial charge in [-0.2, -0.15) is 0 Å². The minimum Gasteiger partial charge on any atom is -0.493 e. The van der Waals surface area contributed by atoms with Gasteiger partial charge in [0.2, 0.25) is 5.75 Å². The number of fused-ring (bicyclic) bond motifs is 1. The van der Waals surface area contributed by atoms with E-state index in [1.165, 1.54) is 37.2 Å². The first-order chi connectivity index (χ1) is 20.3. The van der Waals surface area contributed by atoms with Crippen molar-refractivity contribution in [3.8, 4) is 28.7 Å². The van der Waals surface area contributed by atoms with Crippen LogP contribution in [0.4, 0.5) is 0 Å². The highest BCUT2D eigenvalue weighted by Crippen LogP contribution is 2.39. The fourth-order valence-corrected chi connectivity index (χ4v) is 5.72. The van der Waals surface area contributed by atoms with Crippen molar-refractivity contribution >= 4 is 23.4 Å². The number of ether oxygens (including phenoxy) is 6. The molecule has 0 fully saturated rings. The van der Waals surface area contributed by atoms with Gasteiger partial charge in [0.05, 0.1) is 56.4 Å². The second-order valence-electron chi connectivity index (χ2n) is 9.00. The van der Waals surface area contributed by atoms with Crippen molar-refractivity contribution < 1.29 is 33.2 Å². The number of carbonyl (C=O) groups is 1. The molecule has 3 aromatic rings. The van der Waals surface area contributed by atoms with E-state index in [-0.39, 0.29) is 17.7 Å². The first-order valence-electron chi connectivity index (χ1n) is 13.3. The molecule has 42 heavy (non-hydrogen) atoms. The SMILES string of the molecule is C=CCOc1ccc([C@H]2C(C(=O)OCC)=C(C)N=c3sc(=Cc4cc(OC)c(OC)c(OC)c4)c(=O)n32)cc1OCC. The molecule has 0 amide bonds. The van der Waals surface area contributed by atoms with Crippen LogP contribution < -0.4 is 38.6 Å². The Morgan fingerprint density at radius 3 is 2.31 bits per heavy atom. The molecule has 0 bridgehead atoms. The maximum absolute atomic E-state index is 14.0. The van der Waals surface area contributed by atoms with Crippen LogP contribution in [0.15, 0.2) is 64.0 Å². The van der Waals surface area contributed by atoms with E-state index in [2.05, 4.69) is 11.6 Å². The van der Waals surface area contributed by atoms with E-state index < -0.39 is 12.0 Å². The fraction of sp³-hybridized carbons (Fsp3) is 0.323. The van der Waals surface area contributed by atoms with E-state index >= 15 is 0 Å². The number of nitrogens with zero attached hydrogens (tertiary/aromatic N) is 2. The van der Waals surface area contributed by atoms with Crippen molar-refractivity contribution in [1.82, 2.24) is 4.57 Å². The fourth-order valence-electron chi connectivity index (χ4n) is 4.67. The summed E-state index contributed by atoms with van der Waals surface area (Å²) in [5.41, 5.74) is 1.71. The number of benzene rings is 2. The zero-order valence-corrected chi connectivity index (χ0v) is 25.3. The van der Waals surface area contributed by atoms with Gasteiger partial charge < -0.3 is 28.4 Å². The molecule has 1 atom stereocenters. The number of esters is 1. The monoisotopic (exact) mass is 594 g/mol. The lowest BCUT2D eigenvalue weighted by molar-refractivity contribution is -0.139. The molecule has 1 aliphatic rings. The summed E-state index contributed by atoms with van der Waals surface area (Å²) < 4.78 is 35.3. The largest absolute Gasteiger partial charge is 0.493 e. The summed E-state index contributed by atoms with van der Waals surface area (Å²) in [7, 11) is 4.58. The Morgan fingerprint density at radius 1 is 1.00 bits per heavy atom. The quantitative estimate of drug-likeness (QED) is 0.230. The summed E-state index contributed by atoms with van der Waals surface area (Å²) in [6.45, 7) is 9.89. The topological polar surface area (TPSA) is 107 Å². The molecule has 0 radical (unpaired) electrons. The van der Waals surface area contributed by atoms with Gasteiger partial charge in [-0.3, -0.25) is 9.36 Å². The molecule has 2 heterocycles. The highest BCUT2D eigenvalue weighted by Gasteiger charge is 2.34. The standard InChI is InChI=1S/C31H34N2O8S/c1-8-13-41-21-12-11-20(17-22(21)39-9-2)27-26(30(35)40-10-3)18(4)32-31-33(27)29(34)25(42-31)16-19-14-23(36-5)28(38-7)24(15-19)37-6/h8,11-12,14-17,27H,1,9-10,13H2,2-7H3/t27-/m0/s1. The maximum atomic E-state index is 14.0. The summed E-state index contributed by atoms with van der Waals surface area (Å²) in [4.78, 5) is 32.4. The van der Waals surface area contributed by atoms with Crippen LogP contribution in [-0.4, -0.2) is 51.7 Å². The summed E-state index contributed by atoms with van der Waals surface area (Å²) in [5, 5.41) is 0. The van der Waals surface area contributed by atoms with Crippen LogP contribution in [-0.2, 0) is 9.53 Å². The third-order valence-corrected chi connectivity index (χ3v) is 7.42. The van der Waals surface area contributed by atoms with Gasteiger partial charge >= 0.3 is 5.97 Å². The Morgan fingerprint density at radius 2 is 1.71 bits per heavy atom. The third-order valence-electron chi connectivity index (χ3n) is 6.44. The number of hydrogen-bond acceptors (Lipinski definition) is 10. The number of aromatic nitrogens is 1. The molecule has 0 aliphatic carbocycles. The zero-order valence-electron chi connectivity index (χ0n) is 24.5. The van der Waals surface area contributed by atoms with Crippen molar-refractivity contribution in [2.45, 2.75) is 26.8 Å². The Balaban J connectivity index is 1.95. The molecule has 2 aromatic carbocycles. The van der Waals surface area contributed by atoms with Crippen molar-refractivity contribution in [3.05, 3.63) is 85.1 Å². The van der Waals surface area contributed by atoms with Crippen molar-refractivity contribution in [3.63, 3.8) is 0 Å². The second kappa shape index (κ2) is 13.4. The Kier molecular flexibility index (Phi) is 9.74. The summed E-state index contributed by atoms with van der Waals surface area (Å²) in [5.74, 6) is 1.81. The number of allylic oxidation sites excluding steroid dienone is 1. The lowest BCUT2D eigenvalue weighted by Gasteiger charge is -2.25. The predicted octanol–water partition coefficient (Wildman–Crippen LogP) is 3.79. The molecule has 10 nitrogen and oxygen atoms in total. The molecular formula is C31H34N2O8S. The number of carbonyl (C=O) groups excluding carboxylic acids is 1. The minimum atomic E-state index is -0.810. The van der Waals surface area contributed by atoms with Crippen LogP contribution in [0.5, 0.6) is 28.7 Å². The Hall–Kier alpha value is -4.51.